The first-order chi connectivity index (χ1) is 9.20. The van der Waals surface area contributed by atoms with E-state index in [1.54, 1.807) is 0 Å². The molecule has 98 valence electrons. The first-order valence-electron chi connectivity index (χ1n) is 5.29. The van der Waals surface area contributed by atoms with Crippen LogP contribution in [0.15, 0.2) is 18.2 Å². The third-order valence-electron chi connectivity index (χ3n) is 2.37. The van der Waals surface area contributed by atoms with Crippen molar-refractivity contribution in [2.75, 3.05) is 6.79 Å². The third kappa shape index (κ3) is 2.80. The second-order valence-electron chi connectivity index (χ2n) is 3.63. The number of halogens is 2. The molecule has 0 bridgehead atoms. The van der Waals surface area contributed by atoms with Crippen molar-refractivity contribution >= 4 is 23.2 Å². The average molecular weight is 300 g/mol. The average Bonchev–Trinajstić information content (AvgIpc) is 2.82. The molecule has 1 aliphatic heterocycles. The van der Waals surface area contributed by atoms with Crippen LogP contribution in [0.5, 0.6) is 17.5 Å². The second kappa shape index (κ2) is 5.07. The molecule has 0 radical (unpaired) electrons. The van der Waals surface area contributed by atoms with Crippen LogP contribution in [0, 0.1) is 0 Å². The lowest BCUT2D eigenvalue weighted by atomic mass is 10.2. The summed E-state index contributed by atoms with van der Waals surface area (Å²) < 4.78 is 15.9. The number of ether oxygens (including phenoxy) is 3. The summed E-state index contributed by atoms with van der Waals surface area (Å²) in [6.45, 7) is 0.492. The number of aromatic nitrogens is 3. The Morgan fingerprint density at radius 1 is 1.05 bits per heavy atom. The van der Waals surface area contributed by atoms with Gasteiger partial charge in [-0.2, -0.15) is 15.0 Å². The molecule has 0 saturated heterocycles. The zero-order chi connectivity index (χ0) is 13.2. The molecule has 6 nitrogen and oxygen atoms in total. The summed E-state index contributed by atoms with van der Waals surface area (Å²) in [5.74, 6) is 1.41. The van der Waals surface area contributed by atoms with Crippen LogP contribution in [-0.4, -0.2) is 21.7 Å². The minimum atomic E-state index is -0.0133. The molecule has 1 aromatic carbocycles. The van der Waals surface area contributed by atoms with Crippen LogP contribution in [0.25, 0.3) is 0 Å². The van der Waals surface area contributed by atoms with E-state index in [4.69, 9.17) is 37.4 Å². The van der Waals surface area contributed by atoms with Crippen molar-refractivity contribution in [2.45, 2.75) is 6.61 Å². The van der Waals surface area contributed by atoms with E-state index in [-0.39, 0.29) is 30.0 Å². The number of nitrogens with zero attached hydrogens (tertiary/aromatic N) is 3. The maximum absolute atomic E-state index is 5.65. The molecule has 0 unspecified atom stereocenters. The van der Waals surface area contributed by atoms with Gasteiger partial charge in [0.05, 0.1) is 0 Å². The van der Waals surface area contributed by atoms with E-state index in [9.17, 15) is 0 Å². The first-order valence-corrected chi connectivity index (χ1v) is 6.05. The Labute approximate surface area is 118 Å². The van der Waals surface area contributed by atoms with Gasteiger partial charge in [0, 0.05) is 0 Å². The molecule has 0 N–H and O–H groups in total. The minimum Gasteiger partial charge on any atom is -0.458 e. The van der Waals surface area contributed by atoms with Crippen LogP contribution in [0.1, 0.15) is 5.56 Å². The Bertz CT molecular complexity index is 604. The van der Waals surface area contributed by atoms with Gasteiger partial charge >= 0.3 is 6.01 Å². The molecular weight excluding hydrogens is 293 g/mol. The highest BCUT2D eigenvalue weighted by Crippen LogP contribution is 2.32. The molecule has 3 rings (SSSR count). The highest BCUT2D eigenvalue weighted by atomic mass is 35.5. The lowest BCUT2D eigenvalue weighted by molar-refractivity contribution is 0.174. The zero-order valence-corrected chi connectivity index (χ0v) is 11.0. The van der Waals surface area contributed by atoms with Crippen molar-refractivity contribution < 1.29 is 14.2 Å². The summed E-state index contributed by atoms with van der Waals surface area (Å²) in [6, 6.07) is 5.57. The second-order valence-corrected chi connectivity index (χ2v) is 4.31. The first kappa shape index (κ1) is 12.3. The van der Waals surface area contributed by atoms with Gasteiger partial charge in [-0.1, -0.05) is 6.07 Å². The molecule has 1 aromatic heterocycles. The van der Waals surface area contributed by atoms with Crippen LogP contribution in [-0.2, 0) is 6.61 Å². The number of hydrogen-bond donors (Lipinski definition) is 0. The maximum Gasteiger partial charge on any atom is 0.322 e. The fourth-order valence-electron chi connectivity index (χ4n) is 1.55. The Morgan fingerprint density at radius 2 is 1.79 bits per heavy atom. The summed E-state index contributed by atoms with van der Waals surface area (Å²) >= 11 is 11.3. The maximum atomic E-state index is 5.65. The smallest absolute Gasteiger partial charge is 0.322 e. The Kier molecular flexibility index (Phi) is 3.27. The van der Waals surface area contributed by atoms with E-state index in [1.165, 1.54) is 0 Å². The van der Waals surface area contributed by atoms with E-state index in [2.05, 4.69) is 15.0 Å². The van der Waals surface area contributed by atoms with E-state index in [1.807, 2.05) is 18.2 Å². The topological polar surface area (TPSA) is 66.4 Å². The molecule has 8 heteroatoms. The highest BCUT2D eigenvalue weighted by Gasteiger charge is 2.13. The van der Waals surface area contributed by atoms with Crippen LogP contribution in [0.3, 0.4) is 0 Å². The Hall–Kier alpha value is -1.79. The van der Waals surface area contributed by atoms with Gasteiger partial charge in [-0.05, 0) is 40.9 Å². The van der Waals surface area contributed by atoms with Crippen molar-refractivity contribution in [3.8, 4) is 17.5 Å². The number of fused-ring (bicyclic) bond motifs is 1. The third-order valence-corrected chi connectivity index (χ3v) is 2.70. The van der Waals surface area contributed by atoms with Crippen LogP contribution >= 0.6 is 23.2 Å². The summed E-state index contributed by atoms with van der Waals surface area (Å²) in [5.41, 5.74) is 0.886. The number of hydrogen-bond acceptors (Lipinski definition) is 6. The van der Waals surface area contributed by atoms with E-state index in [0.29, 0.717) is 5.75 Å². The van der Waals surface area contributed by atoms with Gasteiger partial charge in [0.1, 0.15) is 6.61 Å². The molecule has 19 heavy (non-hydrogen) atoms. The molecule has 0 aliphatic carbocycles. The standard InChI is InChI=1S/C11H7Cl2N3O3/c12-9-14-10(13)16-11(15-9)17-4-6-1-2-7-8(3-6)19-5-18-7/h1-3H,4-5H2. The van der Waals surface area contributed by atoms with E-state index in [0.717, 1.165) is 11.3 Å². The molecule has 1 aliphatic rings. The molecule has 0 amide bonds. The normalized spacial score (nSPS) is 12.5. The van der Waals surface area contributed by atoms with Gasteiger partial charge in [-0.15, -0.1) is 0 Å². The summed E-state index contributed by atoms with van der Waals surface area (Å²) in [6.07, 6.45) is 0. The predicted molar refractivity (Wildman–Crippen MR) is 66.7 cm³/mol. The van der Waals surface area contributed by atoms with Crippen molar-refractivity contribution in [3.63, 3.8) is 0 Å². The fraction of sp³-hybridized carbons (Fsp3) is 0.182. The van der Waals surface area contributed by atoms with Crippen LogP contribution in [0.4, 0.5) is 0 Å². The SMILES string of the molecule is Clc1nc(Cl)nc(OCc2ccc3c(c2)OCO3)n1. The zero-order valence-electron chi connectivity index (χ0n) is 9.47. The Morgan fingerprint density at radius 3 is 2.58 bits per heavy atom. The van der Waals surface area contributed by atoms with E-state index < -0.39 is 0 Å². The van der Waals surface area contributed by atoms with Crippen LogP contribution in [0.2, 0.25) is 10.6 Å². The van der Waals surface area contributed by atoms with Gasteiger partial charge in [0.15, 0.2) is 11.5 Å². The van der Waals surface area contributed by atoms with Gasteiger partial charge in [0.25, 0.3) is 0 Å². The number of benzene rings is 1. The lowest BCUT2D eigenvalue weighted by Gasteiger charge is -2.05. The predicted octanol–water partition coefficient (Wildman–Crippen LogP) is 2.49. The van der Waals surface area contributed by atoms with Crippen molar-refractivity contribution in [1.29, 1.82) is 0 Å². The molecular formula is C11H7Cl2N3O3. The molecule has 0 fully saturated rings. The van der Waals surface area contributed by atoms with Crippen molar-refractivity contribution in [3.05, 3.63) is 34.3 Å². The quantitative estimate of drug-likeness (QED) is 0.867. The molecule has 0 saturated carbocycles. The minimum absolute atomic E-state index is 0.0133. The summed E-state index contributed by atoms with van der Waals surface area (Å²) in [7, 11) is 0. The molecule has 2 heterocycles. The fourth-order valence-corrected chi connectivity index (χ4v) is 1.90. The van der Waals surface area contributed by atoms with Crippen LogP contribution < -0.4 is 14.2 Å². The van der Waals surface area contributed by atoms with E-state index >= 15 is 0 Å². The number of rotatable bonds is 3. The molecule has 0 spiro atoms. The molecule has 2 aromatic rings. The summed E-state index contributed by atoms with van der Waals surface area (Å²) in [4.78, 5) is 11.2. The van der Waals surface area contributed by atoms with Crippen molar-refractivity contribution in [1.82, 2.24) is 15.0 Å². The monoisotopic (exact) mass is 299 g/mol. The van der Waals surface area contributed by atoms with Gasteiger partial charge in [-0.3, -0.25) is 0 Å². The van der Waals surface area contributed by atoms with Gasteiger partial charge < -0.3 is 14.2 Å². The molecule has 0 atom stereocenters. The largest absolute Gasteiger partial charge is 0.458 e. The highest BCUT2D eigenvalue weighted by molar-refractivity contribution is 6.31. The van der Waals surface area contributed by atoms with Gasteiger partial charge in [-0.25, -0.2) is 0 Å². The van der Waals surface area contributed by atoms with Gasteiger partial charge in [0.2, 0.25) is 17.4 Å². The van der Waals surface area contributed by atoms with Crippen molar-refractivity contribution in [2.24, 2.45) is 0 Å². The lowest BCUT2D eigenvalue weighted by Crippen LogP contribution is -2.01. The Balaban J connectivity index is 1.72. The summed E-state index contributed by atoms with van der Waals surface area (Å²) in [5, 5.41) is -0.0265.